The average molecular weight is 411 g/mol. The van der Waals surface area contributed by atoms with Crippen molar-refractivity contribution in [3.8, 4) is 0 Å². The molecule has 0 N–H and O–H groups in total. The number of ether oxygens (including phenoxy) is 1. The lowest BCUT2D eigenvalue weighted by atomic mass is 9.89. The topological polar surface area (TPSA) is 60.7 Å². The number of carbonyl (C=O) groups excluding carboxylic acids is 2. The van der Waals surface area contributed by atoms with Crippen molar-refractivity contribution in [2.24, 2.45) is 10.9 Å². The third kappa shape index (κ3) is 3.78. The standard InChI is InChI=1S/C17H19BrN2O3S/c1-23-15(21)10-20-13-8-7-12(18)9-14(13)24-17(20)19-16(22)11-5-3-2-4-6-11/h7-9,11H,2-6,10H2,1H3. The predicted molar refractivity (Wildman–Crippen MR) is 96.7 cm³/mol. The maximum absolute atomic E-state index is 12.5. The number of carbonyl (C=O) groups is 2. The maximum atomic E-state index is 12.5. The molecule has 7 heteroatoms. The summed E-state index contributed by atoms with van der Waals surface area (Å²) in [6, 6.07) is 5.80. The summed E-state index contributed by atoms with van der Waals surface area (Å²) in [5.74, 6) is -0.412. The third-order valence-corrected chi connectivity index (χ3v) is 5.85. The number of nitrogens with zero attached hydrogens (tertiary/aromatic N) is 2. The van der Waals surface area contributed by atoms with E-state index in [1.807, 2.05) is 18.2 Å². The van der Waals surface area contributed by atoms with E-state index in [0.717, 1.165) is 40.4 Å². The lowest BCUT2D eigenvalue weighted by molar-refractivity contribution is -0.141. The fraction of sp³-hybridized carbons (Fsp3) is 0.471. The fourth-order valence-corrected chi connectivity index (χ4v) is 4.60. The van der Waals surface area contributed by atoms with Crippen molar-refractivity contribution in [2.75, 3.05) is 7.11 Å². The minimum Gasteiger partial charge on any atom is -0.468 e. The summed E-state index contributed by atoms with van der Waals surface area (Å²) in [5, 5.41) is 0. The number of methoxy groups -OCH3 is 1. The summed E-state index contributed by atoms with van der Waals surface area (Å²) >= 11 is 4.87. The van der Waals surface area contributed by atoms with Gasteiger partial charge in [0.1, 0.15) is 6.54 Å². The summed E-state index contributed by atoms with van der Waals surface area (Å²) in [4.78, 5) is 29.2. The second-order valence-corrected chi connectivity index (χ2v) is 7.87. The first-order valence-corrected chi connectivity index (χ1v) is 9.63. The Morgan fingerprint density at radius 1 is 1.33 bits per heavy atom. The zero-order valence-electron chi connectivity index (χ0n) is 13.5. The Bertz CT molecular complexity index is 834. The molecule has 0 aliphatic heterocycles. The summed E-state index contributed by atoms with van der Waals surface area (Å²) in [5.41, 5.74) is 0.879. The van der Waals surface area contributed by atoms with Crippen LogP contribution in [0.5, 0.6) is 0 Å². The number of halogens is 1. The van der Waals surface area contributed by atoms with Gasteiger partial charge in [-0.15, -0.1) is 0 Å². The molecule has 5 nitrogen and oxygen atoms in total. The van der Waals surface area contributed by atoms with E-state index in [9.17, 15) is 9.59 Å². The minimum absolute atomic E-state index is 0.0160. The monoisotopic (exact) mass is 410 g/mol. The molecule has 1 fully saturated rings. The lowest BCUT2D eigenvalue weighted by Crippen LogP contribution is -2.24. The van der Waals surface area contributed by atoms with Gasteiger partial charge in [-0.05, 0) is 31.0 Å². The third-order valence-electron chi connectivity index (χ3n) is 4.32. The molecule has 1 heterocycles. The van der Waals surface area contributed by atoms with Crippen molar-refractivity contribution in [1.82, 2.24) is 4.57 Å². The highest BCUT2D eigenvalue weighted by Gasteiger charge is 2.21. The Labute approximate surface area is 152 Å². The summed E-state index contributed by atoms with van der Waals surface area (Å²) < 4.78 is 8.47. The number of rotatable bonds is 3. The van der Waals surface area contributed by atoms with Crippen LogP contribution < -0.4 is 4.80 Å². The highest BCUT2D eigenvalue weighted by Crippen LogP contribution is 2.25. The Hall–Kier alpha value is -1.47. The molecule has 1 aromatic carbocycles. The highest BCUT2D eigenvalue weighted by atomic mass is 79.9. The van der Waals surface area contributed by atoms with Crippen LogP contribution in [-0.4, -0.2) is 23.6 Å². The molecular formula is C17H19BrN2O3S. The lowest BCUT2D eigenvalue weighted by Gasteiger charge is -2.17. The van der Waals surface area contributed by atoms with Gasteiger partial charge in [-0.2, -0.15) is 4.99 Å². The van der Waals surface area contributed by atoms with E-state index < -0.39 is 0 Å². The number of benzene rings is 1. The number of amides is 1. The molecular weight excluding hydrogens is 392 g/mol. The van der Waals surface area contributed by atoms with Crippen LogP contribution in [-0.2, 0) is 20.9 Å². The van der Waals surface area contributed by atoms with E-state index >= 15 is 0 Å². The Morgan fingerprint density at radius 3 is 2.79 bits per heavy atom. The van der Waals surface area contributed by atoms with Crippen LogP contribution in [0.1, 0.15) is 32.1 Å². The Morgan fingerprint density at radius 2 is 2.08 bits per heavy atom. The van der Waals surface area contributed by atoms with Crippen molar-refractivity contribution in [3.63, 3.8) is 0 Å². The molecule has 0 saturated heterocycles. The first-order valence-electron chi connectivity index (χ1n) is 8.03. The van der Waals surface area contributed by atoms with E-state index in [0.29, 0.717) is 4.80 Å². The van der Waals surface area contributed by atoms with Crippen LogP contribution in [0.2, 0.25) is 0 Å². The number of hydrogen-bond donors (Lipinski definition) is 0. The minimum atomic E-state index is -0.357. The first-order chi connectivity index (χ1) is 11.6. The van der Waals surface area contributed by atoms with Gasteiger partial charge in [-0.25, -0.2) is 0 Å². The molecule has 3 rings (SSSR count). The van der Waals surface area contributed by atoms with Crippen molar-refractivity contribution in [1.29, 1.82) is 0 Å². The maximum Gasteiger partial charge on any atom is 0.325 e. The van der Waals surface area contributed by atoms with Gasteiger partial charge >= 0.3 is 5.97 Å². The van der Waals surface area contributed by atoms with Gasteiger partial charge in [0.2, 0.25) is 0 Å². The normalized spacial score (nSPS) is 16.5. The molecule has 0 radical (unpaired) electrons. The molecule has 1 saturated carbocycles. The van der Waals surface area contributed by atoms with E-state index in [-0.39, 0.29) is 24.3 Å². The fourth-order valence-electron chi connectivity index (χ4n) is 3.01. The van der Waals surface area contributed by atoms with E-state index in [2.05, 4.69) is 20.9 Å². The van der Waals surface area contributed by atoms with Crippen LogP contribution in [0.15, 0.2) is 27.7 Å². The zero-order chi connectivity index (χ0) is 17.1. The molecule has 1 aromatic heterocycles. The van der Waals surface area contributed by atoms with Gasteiger partial charge in [0.05, 0.1) is 17.3 Å². The van der Waals surface area contributed by atoms with Crippen LogP contribution in [0, 0.1) is 5.92 Å². The summed E-state index contributed by atoms with van der Waals surface area (Å²) in [7, 11) is 1.36. The first kappa shape index (κ1) is 17.4. The van der Waals surface area contributed by atoms with Gasteiger partial charge in [-0.3, -0.25) is 9.59 Å². The SMILES string of the molecule is COC(=O)Cn1c(=NC(=O)C2CCCCC2)sc2cc(Br)ccc21. The number of fused-ring (bicyclic) bond motifs is 1. The van der Waals surface area contributed by atoms with Crippen molar-refractivity contribution < 1.29 is 14.3 Å². The van der Waals surface area contributed by atoms with E-state index in [1.165, 1.54) is 24.9 Å². The Balaban J connectivity index is 2.04. The number of esters is 1. The molecule has 24 heavy (non-hydrogen) atoms. The molecule has 128 valence electrons. The number of aromatic nitrogens is 1. The molecule has 0 spiro atoms. The molecule has 0 bridgehead atoms. The van der Waals surface area contributed by atoms with Gasteiger partial charge in [0.25, 0.3) is 5.91 Å². The van der Waals surface area contributed by atoms with E-state index in [4.69, 9.17) is 4.74 Å². The molecule has 1 aliphatic rings. The smallest absolute Gasteiger partial charge is 0.325 e. The van der Waals surface area contributed by atoms with Gasteiger partial charge in [-0.1, -0.05) is 46.5 Å². The molecule has 1 amide bonds. The van der Waals surface area contributed by atoms with Crippen molar-refractivity contribution in [3.05, 3.63) is 27.5 Å². The zero-order valence-corrected chi connectivity index (χ0v) is 15.9. The van der Waals surface area contributed by atoms with Crippen molar-refractivity contribution >= 4 is 49.4 Å². The van der Waals surface area contributed by atoms with Gasteiger partial charge in [0, 0.05) is 10.4 Å². The van der Waals surface area contributed by atoms with Crippen LogP contribution in [0.3, 0.4) is 0 Å². The summed E-state index contributed by atoms with van der Waals surface area (Å²) in [6.45, 7) is 0.0505. The summed E-state index contributed by atoms with van der Waals surface area (Å²) in [6.07, 6.45) is 5.20. The molecule has 0 atom stereocenters. The molecule has 2 aromatic rings. The van der Waals surface area contributed by atoms with Crippen LogP contribution in [0.25, 0.3) is 10.2 Å². The quantitative estimate of drug-likeness (QED) is 0.725. The average Bonchev–Trinajstić information content (AvgIpc) is 2.91. The van der Waals surface area contributed by atoms with Crippen LogP contribution in [0.4, 0.5) is 0 Å². The Kier molecular flexibility index (Phi) is 5.50. The van der Waals surface area contributed by atoms with Gasteiger partial charge in [0.15, 0.2) is 4.80 Å². The molecule has 0 unspecified atom stereocenters. The second kappa shape index (κ2) is 7.61. The second-order valence-electron chi connectivity index (χ2n) is 5.94. The number of hydrogen-bond acceptors (Lipinski definition) is 4. The van der Waals surface area contributed by atoms with Crippen LogP contribution >= 0.6 is 27.3 Å². The highest BCUT2D eigenvalue weighted by molar-refractivity contribution is 9.10. The predicted octanol–water partition coefficient (Wildman–Crippen LogP) is 3.65. The number of thiazole rings is 1. The van der Waals surface area contributed by atoms with Gasteiger partial charge < -0.3 is 9.30 Å². The van der Waals surface area contributed by atoms with Crippen molar-refractivity contribution in [2.45, 2.75) is 38.6 Å². The molecule has 1 aliphatic carbocycles. The largest absolute Gasteiger partial charge is 0.468 e. The van der Waals surface area contributed by atoms with E-state index in [1.54, 1.807) is 4.57 Å².